The molecule has 1 aliphatic heterocycles. The monoisotopic (exact) mass is 170 g/mol. The molecule has 0 fully saturated rings. The third kappa shape index (κ3) is 1.05. The summed E-state index contributed by atoms with van der Waals surface area (Å²) in [6.07, 6.45) is 9.51. The molecular formula is C8H10O2S. The molecular weight excluding hydrogens is 160 g/mol. The molecule has 0 aromatic heterocycles. The molecule has 0 aromatic carbocycles. The van der Waals surface area contributed by atoms with Gasteiger partial charge in [0, 0.05) is 11.3 Å². The van der Waals surface area contributed by atoms with Gasteiger partial charge in [-0.1, -0.05) is 30.4 Å². The summed E-state index contributed by atoms with van der Waals surface area (Å²) in [6.45, 7) is 0. The van der Waals surface area contributed by atoms with Crippen LogP contribution in [-0.4, -0.2) is 14.4 Å². The van der Waals surface area contributed by atoms with E-state index in [1.165, 1.54) is 5.41 Å². The summed E-state index contributed by atoms with van der Waals surface area (Å²) in [7, 11) is -2.47. The largest absolute Gasteiger partial charge is 0.295 e. The van der Waals surface area contributed by atoms with Gasteiger partial charge in [0.2, 0.25) is 0 Å². The minimum atomic E-state index is -2.47. The van der Waals surface area contributed by atoms with Gasteiger partial charge in [-0.3, -0.25) is 9.11 Å². The summed E-state index contributed by atoms with van der Waals surface area (Å²) in [6, 6.07) is 0. The summed E-state index contributed by atoms with van der Waals surface area (Å²) >= 11 is 0. The zero-order valence-electron chi connectivity index (χ0n) is 5.92. The average Bonchev–Trinajstić information content (AvgIpc) is 2.29. The maximum Gasteiger partial charge on any atom is 0.0809 e. The second kappa shape index (κ2) is 2.24. The molecule has 2 N–H and O–H groups in total. The van der Waals surface area contributed by atoms with Crippen LogP contribution in [0.25, 0.3) is 0 Å². The van der Waals surface area contributed by atoms with Crippen LogP contribution in [0.1, 0.15) is 0 Å². The first-order valence-corrected chi connectivity index (χ1v) is 5.18. The number of hydrogen-bond acceptors (Lipinski definition) is 2. The molecule has 3 heteroatoms. The normalized spacial score (nSPS) is 40.5. The standard InChI is InChI=1S/C8H10O2S/c9-11(10)6-5-7-3-1-2-4-8(7)11/h1-10H/t7-,8+/m1/s1. The Morgan fingerprint density at radius 2 is 1.73 bits per heavy atom. The lowest BCUT2D eigenvalue weighted by molar-refractivity contribution is 0.488. The molecule has 0 unspecified atom stereocenters. The Morgan fingerprint density at radius 3 is 2.45 bits per heavy atom. The molecule has 0 saturated heterocycles. The van der Waals surface area contributed by atoms with Crippen molar-refractivity contribution in [3.63, 3.8) is 0 Å². The van der Waals surface area contributed by atoms with E-state index in [1.807, 2.05) is 30.4 Å². The van der Waals surface area contributed by atoms with E-state index in [4.69, 9.17) is 0 Å². The van der Waals surface area contributed by atoms with Gasteiger partial charge >= 0.3 is 0 Å². The Kier molecular flexibility index (Phi) is 1.45. The molecule has 11 heavy (non-hydrogen) atoms. The van der Waals surface area contributed by atoms with Crippen molar-refractivity contribution in [3.05, 3.63) is 35.8 Å². The van der Waals surface area contributed by atoms with Crippen LogP contribution in [0.5, 0.6) is 0 Å². The molecule has 1 heterocycles. The summed E-state index contributed by atoms with van der Waals surface area (Å²) in [5.41, 5.74) is 0. The number of allylic oxidation sites excluding steroid dienone is 4. The van der Waals surface area contributed by atoms with Crippen LogP contribution in [0, 0.1) is 5.92 Å². The summed E-state index contributed by atoms with van der Waals surface area (Å²) in [4.78, 5) is 0. The van der Waals surface area contributed by atoms with Gasteiger partial charge in [0.25, 0.3) is 0 Å². The van der Waals surface area contributed by atoms with Crippen molar-refractivity contribution in [3.8, 4) is 0 Å². The third-order valence-corrected chi connectivity index (χ3v) is 3.86. The molecule has 2 rings (SSSR count). The minimum Gasteiger partial charge on any atom is -0.295 e. The highest BCUT2D eigenvalue weighted by Gasteiger charge is 2.32. The van der Waals surface area contributed by atoms with Gasteiger partial charge < -0.3 is 0 Å². The lowest BCUT2D eigenvalue weighted by Crippen LogP contribution is -2.17. The van der Waals surface area contributed by atoms with Crippen LogP contribution in [0.3, 0.4) is 0 Å². The van der Waals surface area contributed by atoms with E-state index < -0.39 is 10.6 Å². The summed E-state index contributed by atoms with van der Waals surface area (Å²) in [5, 5.41) is 1.43. The smallest absolute Gasteiger partial charge is 0.0809 e. The first-order valence-electron chi connectivity index (χ1n) is 3.50. The first kappa shape index (κ1) is 7.16. The van der Waals surface area contributed by atoms with E-state index in [-0.39, 0.29) is 11.2 Å². The Hall–Kier alpha value is -0.510. The Balaban J connectivity index is 2.32. The van der Waals surface area contributed by atoms with Gasteiger partial charge in [0.15, 0.2) is 0 Å². The molecule has 2 atom stereocenters. The first-order chi connectivity index (χ1) is 5.20. The SMILES string of the molecule is OS1(O)C=C[C@H]2C=CC=C[C@@H]21. The fourth-order valence-corrected chi connectivity index (χ4v) is 2.98. The van der Waals surface area contributed by atoms with Crippen molar-refractivity contribution >= 4 is 10.6 Å². The lowest BCUT2D eigenvalue weighted by atomic mass is 10.0. The van der Waals surface area contributed by atoms with Gasteiger partial charge in [0.1, 0.15) is 0 Å². The number of rotatable bonds is 0. The van der Waals surface area contributed by atoms with E-state index >= 15 is 0 Å². The molecule has 2 nitrogen and oxygen atoms in total. The Labute approximate surface area is 67.3 Å². The van der Waals surface area contributed by atoms with Crippen LogP contribution in [0.4, 0.5) is 0 Å². The van der Waals surface area contributed by atoms with Gasteiger partial charge in [-0.05, 0) is 0 Å². The summed E-state index contributed by atoms with van der Waals surface area (Å²) in [5.74, 6) is 0.199. The predicted octanol–water partition coefficient (Wildman–Crippen LogP) is 2.38. The molecule has 0 amide bonds. The molecule has 1 aliphatic carbocycles. The highest BCUT2D eigenvalue weighted by molar-refractivity contribution is 8.27. The van der Waals surface area contributed by atoms with Crippen molar-refractivity contribution in [2.45, 2.75) is 5.25 Å². The van der Waals surface area contributed by atoms with Crippen LogP contribution in [0.2, 0.25) is 0 Å². The maximum absolute atomic E-state index is 9.46. The van der Waals surface area contributed by atoms with Crippen molar-refractivity contribution in [1.82, 2.24) is 0 Å². The number of fused-ring (bicyclic) bond motifs is 1. The maximum atomic E-state index is 9.46. The molecule has 0 saturated carbocycles. The molecule has 2 aliphatic rings. The molecule has 0 aromatic rings. The van der Waals surface area contributed by atoms with Gasteiger partial charge in [-0.2, -0.15) is 10.6 Å². The zero-order chi connectivity index (χ0) is 7.90. The summed E-state index contributed by atoms with van der Waals surface area (Å²) < 4.78 is 18.9. The second-order valence-electron chi connectivity index (χ2n) is 2.78. The van der Waals surface area contributed by atoms with Gasteiger partial charge in [-0.15, -0.1) is 0 Å². The van der Waals surface area contributed by atoms with Crippen LogP contribution >= 0.6 is 10.6 Å². The topological polar surface area (TPSA) is 40.5 Å². The van der Waals surface area contributed by atoms with Crippen molar-refractivity contribution in [1.29, 1.82) is 0 Å². The van der Waals surface area contributed by atoms with E-state index in [1.54, 1.807) is 0 Å². The van der Waals surface area contributed by atoms with Gasteiger partial charge in [0.05, 0.1) is 5.25 Å². The third-order valence-electron chi connectivity index (χ3n) is 2.03. The van der Waals surface area contributed by atoms with Crippen LogP contribution in [0.15, 0.2) is 35.8 Å². The van der Waals surface area contributed by atoms with Crippen LogP contribution < -0.4 is 0 Å². The lowest BCUT2D eigenvalue weighted by Gasteiger charge is -2.33. The van der Waals surface area contributed by atoms with Crippen molar-refractivity contribution in [2.75, 3.05) is 0 Å². The average molecular weight is 170 g/mol. The van der Waals surface area contributed by atoms with E-state index in [0.29, 0.717) is 0 Å². The highest BCUT2D eigenvalue weighted by Crippen LogP contribution is 2.55. The van der Waals surface area contributed by atoms with Crippen molar-refractivity contribution in [2.24, 2.45) is 5.92 Å². The molecule has 0 bridgehead atoms. The second-order valence-corrected chi connectivity index (χ2v) is 4.87. The fraction of sp³-hybridized carbons (Fsp3) is 0.250. The zero-order valence-corrected chi connectivity index (χ0v) is 6.74. The highest BCUT2D eigenvalue weighted by atomic mass is 32.3. The quantitative estimate of drug-likeness (QED) is 0.586. The number of hydrogen-bond donors (Lipinski definition) is 2. The Morgan fingerprint density at radius 1 is 1.00 bits per heavy atom. The van der Waals surface area contributed by atoms with Crippen LogP contribution in [-0.2, 0) is 0 Å². The van der Waals surface area contributed by atoms with Crippen molar-refractivity contribution < 1.29 is 9.11 Å². The van der Waals surface area contributed by atoms with E-state index in [9.17, 15) is 9.11 Å². The molecule has 0 radical (unpaired) electrons. The predicted molar refractivity (Wildman–Crippen MR) is 47.5 cm³/mol. The fourth-order valence-electron chi connectivity index (χ4n) is 1.42. The van der Waals surface area contributed by atoms with Gasteiger partial charge in [-0.25, -0.2) is 0 Å². The molecule has 0 spiro atoms. The van der Waals surface area contributed by atoms with E-state index in [2.05, 4.69) is 0 Å². The minimum absolute atomic E-state index is 0.104. The van der Waals surface area contributed by atoms with E-state index in [0.717, 1.165) is 0 Å². The molecule has 60 valence electrons. The Bertz CT molecular complexity index is 253.